The van der Waals surface area contributed by atoms with E-state index in [1.807, 2.05) is 23.9 Å². The summed E-state index contributed by atoms with van der Waals surface area (Å²) in [5, 5.41) is 0. The van der Waals surface area contributed by atoms with Crippen molar-refractivity contribution in [2.75, 3.05) is 11.5 Å². The molecule has 2 atom stereocenters. The quantitative estimate of drug-likeness (QED) is 0.782. The number of hydrogen-bond donors (Lipinski definition) is 0. The van der Waals surface area contributed by atoms with Crippen LogP contribution in [0.3, 0.4) is 0 Å². The largest absolute Gasteiger partial charge is 0.300 e. The van der Waals surface area contributed by atoms with Gasteiger partial charge in [-0.3, -0.25) is 9.80 Å². The van der Waals surface area contributed by atoms with Gasteiger partial charge in [-0.1, -0.05) is 60.7 Å². The SMILES string of the molecule is O=CC1N(Cc2ccccc2)C2CSCC2N1Cc1ccccc1. The molecule has 0 aromatic heterocycles. The van der Waals surface area contributed by atoms with E-state index >= 15 is 0 Å². The predicted octanol–water partition coefficient (Wildman–Crippen LogP) is 3.01. The molecule has 0 amide bonds. The molecule has 2 heterocycles. The van der Waals surface area contributed by atoms with Gasteiger partial charge in [-0.25, -0.2) is 0 Å². The van der Waals surface area contributed by atoms with Crippen molar-refractivity contribution in [2.24, 2.45) is 0 Å². The minimum Gasteiger partial charge on any atom is -0.300 e. The van der Waals surface area contributed by atoms with Crippen molar-refractivity contribution < 1.29 is 4.79 Å². The molecule has 2 saturated heterocycles. The summed E-state index contributed by atoms with van der Waals surface area (Å²) in [7, 11) is 0. The standard InChI is InChI=1S/C20H22N2OS/c23-13-20-21(11-16-7-3-1-4-8-16)18-14-24-15-19(18)22(20)12-17-9-5-2-6-10-17/h1-10,13,18-20H,11-12,14-15H2. The first kappa shape index (κ1) is 15.9. The first-order valence-electron chi connectivity index (χ1n) is 8.49. The molecule has 0 aliphatic carbocycles. The molecule has 2 unspecified atom stereocenters. The molecule has 0 radical (unpaired) electrons. The van der Waals surface area contributed by atoms with Crippen molar-refractivity contribution in [3.63, 3.8) is 0 Å². The van der Waals surface area contributed by atoms with Crippen molar-refractivity contribution >= 4 is 18.0 Å². The van der Waals surface area contributed by atoms with Gasteiger partial charge in [0.05, 0.1) is 0 Å². The topological polar surface area (TPSA) is 23.6 Å². The summed E-state index contributed by atoms with van der Waals surface area (Å²) in [6.07, 6.45) is 1.01. The second-order valence-corrected chi connectivity index (χ2v) is 7.61. The number of aldehydes is 1. The third kappa shape index (κ3) is 3.02. The van der Waals surface area contributed by atoms with Crippen LogP contribution < -0.4 is 0 Å². The second kappa shape index (κ2) is 7.09. The van der Waals surface area contributed by atoms with E-state index in [0.29, 0.717) is 12.1 Å². The molecule has 24 heavy (non-hydrogen) atoms. The van der Waals surface area contributed by atoms with Gasteiger partial charge in [0, 0.05) is 36.7 Å². The smallest absolute Gasteiger partial charge is 0.151 e. The molecule has 2 aliphatic rings. The van der Waals surface area contributed by atoms with E-state index in [1.54, 1.807) is 0 Å². The molecule has 2 aromatic rings. The lowest BCUT2D eigenvalue weighted by molar-refractivity contribution is -0.116. The average molecular weight is 338 g/mol. The second-order valence-electron chi connectivity index (χ2n) is 6.54. The van der Waals surface area contributed by atoms with Crippen LogP contribution in [0.25, 0.3) is 0 Å². The van der Waals surface area contributed by atoms with E-state index in [-0.39, 0.29) is 6.17 Å². The molecule has 3 nitrogen and oxygen atoms in total. The van der Waals surface area contributed by atoms with E-state index in [2.05, 4.69) is 58.3 Å². The highest BCUT2D eigenvalue weighted by molar-refractivity contribution is 7.99. The van der Waals surface area contributed by atoms with Gasteiger partial charge in [0.2, 0.25) is 0 Å². The number of hydrogen-bond acceptors (Lipinski definition) is 4. The Morgan fingerprint density at radius 2 is 1.29 bits per heavy atom. The summed E-state index contributed by atoms with van der Waals surface area (Å²) >= 11 is 2.01. The van der Waals surface area contributed by atoms with Crippen LogP contribution in [0, 0.1) is 0 Å². The lowest BCUT2D eigenvalue weighted by Gasteiger charge is -2.29. The molecule has 0 bridgehead atoms. The van der Waals surface area contributed by atoms with Crippen molar-refractivity contribution in [1.29, 1.82) is 0 Å². The van der Waals surface area contributed by atoms with E-state index in [4.69, 9.17) is 0 Å². The molecule has 0 spiro atoms. The predicted molar refractivity (Wildman–Crippen MR) is 98.7 cm³/mol. The van der Waals surface area contributed by atoms with Gasteiger partial charge >= 0.3 is 0 Å². The number of carbonyl (C=O) groups is 1. The van der Waals surface area contributed by atoms with Crippen LogP contribution in [0.15, 0.2) is 60.7 Å². The van der Waals surface area contributed by atoms with Crippen LogP contribution in [0.1, 0.15) is 11.1 Å². The molecular weight excluding hydrogens is 316 g/mol. The average Bonchev–Trinajstić information content (AvgIpc) is 3.20. The van der Waals surface area contributed by atoms with Crippen molar-refractivity contribution in [3.8, 4) is 0 Å². The molecule has 0 saturated carbocycles. The number of carbonyl (C=O) groups excluding carboxylic acids is 1. The molecule has 2 fully saturated rings. The van der Waals surface area contributed by atoms with Crippen molar-refractivity contribution in [3.05, 3.63) is 71.8 Å². The molecule has 2 aromatic carbocycles. The summed E-state index contributed by atoms with van der Waals surface area (Å²) in [6.45, 7) is 1.69. The maximum absolute atomic E-state index is 11.9. The Morgan fingerprint density at radius 3 is 1.71 bits per heavy atom. The van der Waals surface area contributed by atoms with E-state index in [9.17, 15) is 4.79 Å². The van der Waals surface area contributed by atoms with E-state index < -0.39 is 0 Å². The Hall–Kier alpha value is -1.62. The zero-order valence-electron chi connectivity index (χ0n) is 13.6. The fraction of sp³-hybridized carbons (Fsp3) is 0.350. The van der Waals surface area contributed by atoms with Crippen molar-refractivity contribution in [1.82, 2.24) is 9.80 Å². The lowest BCUT2D eigenvalue weighted by Crippen LogP contribution is -2.42. The van der Waals surface area contributed by atoms with Crippen LogP contribution in [-0.4, -0.2) is 45.8 Å². The van der Waals surface area contributed by atoms with Gasteiger partial charge in [-0.05, 0) is 11.1 Å². The number of fused-ring (bicyclic) bond motifs is 1. The first-order valence-corrected chi connectivity index (χ1v) is 9.64. The minimum atomic E-state index is -0.124. The zero-order valence-corrected chi connectivity index (χ0v) is 14.4. The summed E-state index contributed by atoms with van der Waals surface area (Å²) in [6, 6.07) is 21.9. The number of benzene rings is 2. The molecule has 4 rings (SSSR count). The Kier molecular flexibility index (Phi) is 4.69. The van der Waals surface area contributed by atoms with Gasteiger partial charge in [0.1, 0.15) is 6.17 Å². The van der Waals surface area contributed by atoms with Crippen LogP contribution in [0.4, 0.5) is 0 Å². The summed E-state index contributed by atoms with van der Waals surface area (Å²) in [5.41, 5.74) is 2.56. The normalized spacial score (nSPS) is 27.2. The maximum atomic E-state index is 11.9. The summed E-state index contributed by atoms with van der Waals surface area (Å²) in [4.78, 5) is 16.7. The minimum absolute atomic E-state index is 0.124. The third-order valence-corrected chi connectivity index (χ3v) is 6.25. The van der Waals surface area contributed by atoms with Crippen LogP contribution >= 0.6 is 11.8 Å². The zero-order chi connectivity index (χ0) is 16.4. The third-order valence-electron chi connectivity index (χ3n) is 5.09. The van der Waals surface area contributed by atoms with Crippen LogP contribution in [0.2, 0.25) is 0 Å². The number of rotatable bonds is 5. The Balaban J connectivity index is 1.59. The van der Waals surface area contributed by atoms with E-state index in [0.717, 1.165) is 30.9 Å². The summed E-state index contributed by atoms with van der Waals surface area (Å²) in [5.74, 6) is 2.24. The van der Waals surface area contributed by atoms with Gasteiger partial charge in [0.25, 0.3) is 0 Å². The van der Waals surface area contributed by atoms with E-state index in [1.165, 1.54) is 11.1 Å². The maximum Gasteiger partial charge on any atom is 0.151 e. The van der Waals surface area contributed by atoms with Gasteiger partial charge < -0.3 is 4.79 Å². The fourth-order valence-corrected chi connectivity index (χ4v) is 5.36. The van der Waals surface area contributed by atoms with Gasteiger partial charge in [0.15, 0.2) is 6.29 Å². The Bertz CT molecular complexity index is 623. The Morgan fingerprint density at radius 1 is 0.833 bits per heavy atom. The molecule has 4 heteroatoms. The van der Waals surface area contributed by atoms with Crippen LogP contribution in [0.5, 0.6) is 0 Å². The highest BCUT2D eigenvalue weighted by Crippen LogP contribution is 2.37. The fourth-order valence-electron chi connectivity index (χ4n) is 3.91. The molecule has 124 valence electrons. The number of thioether (sulfide) groups is 1. The van der Waals surface area contributed by atoms with Gasteiger partial charge in [-0.15, -0.1) is 0 Å². The first-order chi connectivity index (χ1) is 11.9. The number of nitrogens with zero attached hydrogens (tertiary/aromatic N) is 2. The highest BCUT2D eigenvalue weighted by Gasteiger charge is 2.49. The van der Waals surface area contributed by atoms with Crippen molar-refractivity contribution in [2.45, 2.75) is 31.3 Å². The molecular formula is C20H22N2OS. The lowest BCUT2D eigenvalue weighted by atomic mass is 10.1. The molecule has 0 N–H and O–H groups in total. The van der Waals surface area contributed by atoms with Crippen LogP contribution in [-0.2, 0) is 17.9 Å². The monoisotopic (exact) mass is 338 g/mol. The molecule has 2 aliphatic heterocycles. The summed E-state index contributed by atoms with van der Waals surface area (Å²) < 4.78 is 0. The van der Waals surface area contributed by atoms with Gasteiger partial charge in [-0.2, -0.15) is 11.8 Å². The highest BCUT2D eigenvalue weighted by atomic mass is 32.2. The Labute approximate surface area is 147 Å².